The van der Waals surface area contributed by atoms with E-state index < -0.39 is 18.8 Å². The van der Waals surface area contributed by atoms with Gasteiger partial charge in [0.25, 0.3) is 0 Å². The van der Waals surface area contributed by atoms with Gasteiger partial charge in [-0.05, 0) is 0 Å². The number of ether oxygens (including phenoxy) is 2. The van der Waals surface area contributed by atoms with Crippen molar-refractivity contribution in [2.75, 3.05) is 47.0 Å². The van der Waals surface area contributed by atoms with Gasteiger partial charge in [0.2, 0.25) is 0 Å². The molecule has 2 N–H and O–H groups in total. The monoisotopic (exact) mass is 299 g/mol. The molecule has 118 valence electrons. The molecule has 1 aliphatic heterocycles. The lowest BCUT2D eigenvalue weighted by atomic mass is 10.3. The lowest BCUT2D eigenvalue weighted by Crippen LogP contribution is -2.53. The van der Waals surface area contributed by atoms with Gasteiger partial charge in [0.1, 0.15) is 0 Å². The van der Waals surface area contributed by atoms with E-state index in [9.17, 15) is 13.2 Å². The number of hydrogen-bond donors (Lipinski definition) is 2. The van der Waals surface area contributed by atoms with Crippen LogP contribution in [0, 0.1) is 0 Å². The number of morpholine rings is 1. The molecule has 6 nitrogen and oxygen atoms in total. The van der Waals surface area contributed by atoms with Crippen molar-refractivity contribution in [3.05, 3.63) is 0 Å². The maximum Gasteiger partial charge on any atom is 0.416 e. The van der Waals surface area contributed by atoms with Gasteiger partial charge in [-0.1, -0.05) is 0 Å². The molecule has 0 aromatic rings. The van der Waals surface area contributed by atoms with E-state index >= 15 is 0 Å². The second-order valence-electron chi connectivity index (χ2n) is 4.38. The third kappa shape index (κ3) is 5.14. The molecule has 9 heteroatoms. The quantitative estimate of drug-likeness (QED) is 0.557. The van der Waals surface area contributed by atoms with E-state index in [0.29, 0.717) is 32.3 Å². The first-order chi connectivity index (χ1) is 9.38. The molecule has 0 bridgehead atoms. The molecule has 0 radical (unpaired) electrons. The normalized spacial score (nSPS) is 22.8. The van der Waals surface area contributed by atoms with Gasteiger partial charge in [-0.25, -0.2) is 0 Å². The first-order valence-electron chi connectivity index (χ1n) is 6.19. The topological polar surface area (TPSA) is 66.3 Å². The molecule has 2 unspecified atom stereocenters. The Kier molecular flexibility index (Phi) is 6.50. The van der Waals surface area contributed by atoms with Crippen LogP contribution in [0.3, 0.4) is 0 Å². The molecule has 0 aromatic heterocycles. The van der Waals surface area contributed by atoms with Crippen molar-refractivity contribution in [3.63, 3.8) is 0 Å². The summed E-state index contributed by atoms with van der Waals surface area (Å²) in [5, 5.41) is 11.5. The van der Waals surface area contributed by atoms with E-state index in [2.05, 4.69) is 10.3 Å². The summed E-state index contributed by atoms with van der Waals surface area (Å²) in [6.45, 7) is 1.19. The van der Waals surface area contributed by atoms with Crippen LogP contribution >= 0.6 is 0 Å². The molecular weight excluding hydrogens is 279 g/mol. The summed E-state index contributed by atoms with van der Waals surface area (Å²) >= 11 is 0. The number of rotatable bonds is 4. The van der Waals surface area contributed by atoms with Crippen molar-refractivity contribution in [3.8, 4) is 0 Å². The molecule has 0 saturated carbocycles. The SMILES string of the molecule is CN=C(NCC(O)C(F)(F)F)N1CCOC(COC)C1. The molecule has 20 heavy (non-hydrogen) atoms. The largest absolute Gasteiger partial charge is 0.416 e. The van der Waals surface area contributed by atoms with Crippen molar-refractivity contribution in [2.24, 2.45) is 4.99 Å². The molecular formula is C11H20F3N3O3. The number of alkyl halides is 3. The molecule has 0 aliphatic carbocycles. The van der Waals surface area contributed by atoms with Gasteiger partial charge in [-0.2, -0.15) is 13.2 Å². The highest BCUT2D eigenvalue weighted by atomic mass is 19.4. The highest BCUT2D eigenvalue weighted by molar-refractivity contribution is 5.80. The van der Waals surface area contributed by atoms with Crippen LogP contribution in [-0.4, -0.2) is 81.4 Å². The fraction of sp³-hybridized carbons (Fsp3) is 0.909. The first kappa shape index (κ1) is 17.0. The summed E-state index contributed by atoms with van der Waals surface area (Å²) < 4.78 is 47.1. The van der Waals surface area contributed by atoms with Crippen molar-refractivity contribution >= 4 is 5.96 Å². The average Bonchev–Trinajstić information content (AvgIpc) is 2.39. The molecule has 0 aromatic carbocycles. The van der Waals surface area contributed by atoms with Crippen LogP contribution in [0.1, 0.15) is 0 Å². The molecule has 1 fully saturated rings. The maximum atomic E-state index is 12.2. The number of nitrogens with one attached hydrogen (secondary N) is 1. The Morgan fingerprint density at radius 1 is 1.60 bits per heavy atom. The van der Waals surface area contributed by atoms with E-state index in [1.54, 1.807) is 12.0 Å². The zero-order chi connectivity index (χ0) is 15.2. The van der Waals surface area contributed by atoms with Crippen LogP contribution in [-0.2, 0) is 9.47 Å². The Labute approximate surface area is 115 Å². The summed E-state index contributed by atoms with van der Waals surface area (Å²) in [5.74, 6) is 0.303. The van der Waals surface area contributed by atoms with E-state index in [1.807, 2.05) is 0 Å². The van der Waals surface area contributed by atoms with Crippen LogP contribution in [0.15, 0.2) is 4.99 Å². The average molecular weight is 299 g/mol. The fourth-order valence-electron chi connectivity index (χ4n) is 1.83. The number of aliphatic imine (C=N–C) groups is 1. The van der Waals surface area contributed by atoms with Crippen LogP contribution in [0.2, 0.25) is 0 Å². The highest BCUT2D eigenvalue weighted by Crippen LogP contribution is 2.19. The molecule has 1 aliphatic rings. The summed E-state index contributed by atoms with van der Waals surface area (Å²) in [6.07, 6.45) is -7.22. The van der Waals surface area contributed by atoms with E-state index in [4.69, 9.17) is 14.6 Å². The van der Waals surface area contributed by atoms with Gasteiger partial charge in [0.15, 0.2) is 12.1 Å². The molecule has 0 amide bonds. The third-order valence-electron chi connectivity index (χ3n) is 2.83. The molecule has 1 heterocycles. The second-order valence-corrected chi connectivity index (χ2v) is 4.38. The number of aliphatic hydroxyl groups is 1. The van der Waals surface area contributed by atoms with Crippen molar-refractivity contribution in [1.29, 1.82) is 0 Å². The zero-order valence-electron chi connectivity index (χ0n) is 11.5. The minimum atomic E-state index is -4.64. The predicted molar refractivity (Wildman–Crippen MR) is 66.6 cm³/mol. The highest BCUT2D eigenvalue weighted by Gasteiger charge is 2.38. The van der Waals surface area contributed by atoms with Crippen molar-refractivity contribution < 1.29 is 27.8 Å². The van der Waals surface area contributed by atoms with Crippen LogP contribution < -0.4 is 5.32 Å². The van der Waals surface area contributed by atoms with E-state index in [1.165, 1.54) is 7.05 Å². The standard InChI is InChI=1S/C11H20F3N3O3/c1-15-10(16-5-9(18)11(12,13)14)17-3-4-20-8(6-17)7-19-2/h8-9,18H,3-7H2,1-2H3,(H,15,16). The lowest BCUT2D eigenvalue weighted by Gasteiger charge is -2.35. The Balaban J connectivity index is 2.50. The summed E-state index contributed by atoms with van der Waals surface area (Å²) in [6, 6.07) is 0. The Hall–Kier alpha value is -1.06. The zero-order valence-corrected chi connectivity index (χ0v) is 11.5. The van der Waals surface area contributed by atoms with E-state index in [-0.39, 0.29) is 6.10 Å². The molecule has 1 rings (SSSR count). The van der Waals surface area contributed by atoms with Crippen LogP contribution in [0.4, 0.5) is 13.2 Å². The number of nitrogens with zero attached hydrogens (tertiary/aromatic N) is 2. The maximum absolute atomic E-state index is 12.2. The molecule has 1 saturated heterocycles. The number of methoxy groups -OCH3 is 1. The minimum Gasteiger partial charge on any atom is -0.382 e. The summed E-state index contributed by atoms with van der Waals surface area (Å²) in [7, 11) is 3.03. The van der Waals surface area contributed by atoms with Gasteiger partial charge in [0, 0.05) is 27.2 Å². The Morgan fingerprint density at radius 3 is 2.85 bits per heavy atom. The van der Waals surface area contributed by atoms with Gasteiger partial charge >= 0.3 is 6.18 Å². The van der Waals surface area contributed by atoms with Crippen LogP contribution in [0.5, 0.6) is 0 Å². The Morgan fingerprint density at radius 2 is 2.30 bits per heavy atom. The predicted octanol–water partition coefficient (Wildman–Crippen LogP) is -0.168. The van der Waals surface area contributed by atoms with E-state index in [0.717, 1.165) is 0 Å². The minimum absolute atomic E-state index is 0.153. The number of hydrogen-bond acceptors (Lipinski definition) is 4. The van der Waals surface area contributed by atoms with Gasteiger partial charge in [0.05, 0.1) is 25.9 Å². The fourth-order valence-corrected chi connectivity index (χ4v) is 1.83. The second kappa shape index (κ2) is 7.65. The molecule has 0 spiro atoms. The first-order valence-corrected chi connectivity index (χ1v) is 6.19. The van der Waals surface area contributed by atoms with Crippen molar-refractivity contribution in [2.45, 2.75) is 18.4 Å². The van der Waals surface area contributed by atoms with Gasteiger partial charge < -0.3 is 24.8 Å². The van der Waals surface area contributed by atoms with Gasteiger partial charge in [-0.3, -0.25) is 4.99 Å². The lowest BCUT2D eigenvalue weighted by molar-refractivity contribution is -0.201. The van der Waals surface area contributed by atoms with Crippen molar-refractivity contribution in [1.82, 2.24) is 10.2 Å². The van der Waals surface area contributed by atoms with Crippen LogP contribution in [0.25, 0.3) is 0 Å². The smallest absolute Gasteiger partial charge is 0.382 e. The summed E-state index contributed by atoms with van der Waals surface area (Å²) in [4.78, 5) is 5.69. The number of aliphatic hydroxyl groups excluding tert-OH is 1. The van der Waals surface area contributed by atoms with Gasteiger partial charge in [-0.15, -0.1) is 0 Å². The molecule has 2 atom stereocenters. The summed E-state index contributed by atoms with van der Waals surface area (Å²) in [5.41, 5.74) is 0. The Bertz CT molecular complexity index is 324. The third-order valence-corrected chi connectivity index (χ3v) is 2.83. The number of guanidine groups is 1. The number of halogens is 3.